The summed E-state index contributed by atoms with van der Waals surface area (Å²) in [6, 6.07) is 30.0. The van der Waals surface area contributed by atoms with Gasteiger partial charge < -0.3 is 0 Å². The second-order valence-corrected chi connectivity index (χ2v) is 16.5. The molecule has 0 nitrogen and oxygen atoms in total. The highest BCUT2D eigenvalue weighted by Crippen LogP contribution is 2.63. The molecule has 246 valence electrons. The van der Waals surface area contributed by atoms with Crippen LogP contribution in [0.2, 0.25) is 0 Å². The van der Waals surface area contributed by atoms with Crippen molar-refractivity contribution in [3.05, 3.63) is 161 Å². The molecule has 0 N–H and O–H groups in total. The lowest BCUT2D eigenvalue weighted by Crippen LogP contribution is -2.30. The normalized spacial score (nSPS) is 22.3. The Kier molecular flexibility index (Phi) is 6.17. The minimum Gasteiger partial charge on any atom is -0.0839 e. The third-order valence-corrected chi connectivity index (χ3v) is 12.8. The zero-order valence-corrected chi connectivity index (χ0v) is 29.8. The molecule has 0 heterocycles. The van der Waals surface area contributed by atoms with Crippen LogP contribution in [0.25, 0.3) is 71.6 Å². The maximum absolute atomic E-state index is 2.69. The predicted molar refractivity (Wildman–Crippen MR) is 218 cm³/mol. The van der Waals surface area contributed by atoms with E-state index in [1.54, 1.807) is 16.7 Å². The molecule has 0 saturated heterocycles. The number of rotatable bonds is 3. The summed E-state index contributed by atoms with van der Waals surface area (Å²) in [5.74, 6) is 1.34. The Morgan fingerprint density at radius 3 is 2.24 bits per heavy atom. The first kappa shape index (κ1) is 29.5. The van der Waals surface area contributed by atoms with Gasteiger partial charge in [-0.1, -0.05) is 154 Å². The van der Waals surface area contributed by atoms with Crippen LogP contribution in [0.3, 0.4) is 0 Å². The fourth-order valence-corrected chi connectivity index (χ4v) is 10.9. The van der Waals surface area contributed by atoms with E-state index in [1.165, 1.54) is 89.2 Å². The Bertz CT molecular complexity index is 2600. The molecule has 51 heavy (non-hydrogen) atoms. The van der Waals surface area contributed by atoms with E-state index in [9.17, 15) is 0 Å². The van der Waals surface area contributed by atoms with Crippen LogP contribution in [-0.4, -0.2) is 0 Å². The molecule has 0 aromatic heterocycles. The Morgan fingerprint density at radius 2 is 1.43 bits per heavy atom. The first-order valence-corrected chi connectivity index (χ1v) is 19.1. The first-order valence-electron chi connectivity index (χ1n) is 19.1. The van der Waals surface area contributed by atoms with Crippen LogP contribution in [-0.2, 0) is 0 Å². The van der Waals surface area contributed by atoms with Crippen LogP contribution in [0.5, 0.6) is 0 Å². The first-order chi connectivity index (χ1) is 25.0. The van der Waals surface area contributed by atoms with E-state index in [-0.39, 0.29) is 5.41 Å². The van der Waals surface area contributed by atoms with Crippen molar-refractivity contribution in [1.29, 1.82) is 0 Å². The molecule has 6 aliphatic carbocycles. The van der Waals surface area contributed by atoms with Crippen molar-refractivity contribution in [3.8, 4) is 33.4 Å². The monoisotopic (exact) mass is 654 g/mol. The highest BCUT2D eigenvalue weighted by atomic mass is 14.5. The summed E-state index contributed by atoms with van der Waals surface area (Å²) in [4.78, 5) is 0. The maximum Gasteiger partial charge on any atom is 0.0168 e. The van der Waals surface area contributed by atoms with E-state index in [0.29, 0.717) is 17.8 Å². The lowest BCUT2D eigenvalue weighted by Gasteiger charge is -2.41. The molecule has 11 rings (SSSR count). The fourth-order valence-electron chi connectivity index (χ4n) is 10.9. The van der Waals surface area contributed by atoms with Crippen molar-refractivity contribution in [3.63, 3.8) is 0 Å². The number of fused-ring (bicyclic) bond motifs is 8. The molecule has 0 amide bonds. The average molecular weight is 655 g/mol. The van der Waals surface area contributed by atoms with Crippen LogP contribution >= 0.6 is 0 Å². The molecule has 0 bridgehead atoms. The van der Waals surface area contributed by atoms with Crippen molar-refractivity contribution in [2.45, 2.75) is 46.5 Å². The van der Waals surface area contributed by atoms with Gasteiger partial charge in [0.1, 0.15) is 0 Å². The highest BCUT2D eigenvalue weighted by Gasteiger charge is 2.47. The molecule has 0 radical (unpaired) electrons. The zero-order chi connectivity index (χ0) is 34.0. The van der Waals surface area contributed by atoms with Gasteiger partial charge in [0.2, 0.25) is 0 Å². The summed E-state index contributed by atoms with van der Waals surface area (Å²) in [5.41, 5.74) is 20.5. The van der Waals surface area contributed by atoms with E-state index in [4.69, 9.17) is 0 Å². The van der Waals surface area contributed by atoms with Crippen LogP contribution in [0.4, 0.5) is 0 Å². The number of benzene rings is 5. The van der Waals surface area contributed by atoms with E-state index in [1.807, 2.05) is 0 Å². The van der Waals surface area contributed by atoms with Crippen LogP contribution in [0, 0.1) is 23.2 Å². The van der Waals surface area contributed by atoms with Gasteiger partial charge in [-0.25, -0.2) is 0 Å². The van der Waals surface area contributed by atoms with Crippen molar-refractivity contribution in [2.24, 2.45) is 23.2 Å². The minimum absolute atomic E-state index is 0.139. The minimum atomic E-state index is 0.139. The fraction of sp³-hybridized carbons (Fsp3) is 0.216. The van der Waals surface area contributed by atoms with E-state index < -0.39 is 0 Å². The Hall–Kier alpha value is -5.20. The van der Waals surface area contributed by atoms with Crippen molar-refractivity contribution >= 4 is 38.3 Å². The van der Waals surface area contributed by atoms with Gasteiger partial charge >= 0.3 is 0 Å². The quantitative estimate of drug-likeness (QED) is 0.167. The van der Waals surface area contributed by atoms with Crippen molar-refractivity contribution in [2.75, 3.05) is 0 Å². The van der Waals surface area contributed by atoms with Crippen molar-refractivity contribution in [1.82, 2.24) is 0 Å². The summed E-state index contributed by atoms with van der Waals surface area (Å²) < 4.78 is 0. The third-order valence-electron chi connectivity index (χ3n) is 12.8. The molecule has 0 fully saturated rings. The molecule has 0 spiro atoms. The zero-order valence-electron chi connectivity index (χ0n) is 29.8. The highest BCUT2D eigenvalue weighted by molar-refractivity contribution is 6.30. The molecule has 0 saturated carbocycles. The van der Waals surface area contributed by atoms with Gasteiger partial charge in [-0.3, -0.25) is 0 Å². The molecule has 3 atom stereocenters. The molecule has 5 aromatic rings. The van der Waals surface area contributed by atoms with Gasteiger partial charge in [-0.15, -0.1) is 0 Å². The van der Waals surface area contributed by atoms with Crippen LogP contribution < -0.4 is 0 Å². The standard InChI is InChI=1S/C51H42/c1-51(2,3)43-26-12-11-21-35(43)34-27-28-40-46-37(34)23-14-25-39(46)49-44(30-17-7-8-18-30)42-29-41-33-20-10-9-19-32(33)36-22-13-24-38(47(36)41)48(42)45(50(40)49)31-15-5-4-6-16-31/h4-7,9-10,12-20,22-26,28-29,34,37,46H,8,11,21,27H2,1-3H3. The SMILES string of the molecule is CC(C)(C)C1=C(C2CC=C3c4c(c(C5=CCC=C5)c5cc6c7c(cccc7c5c4-c4ccccc4)-c4ccccc4-6)C4=CC=CC2C43)CCC=C1. The van der Waals surface area contributed by atoms with Crippen LogP contribution in [0.15, 0.2) is 145 Å². The Morgan fingerprint density at radius 1 is 0.647 bits per heavy atom. The van der Waals surface area contributed by atoms with Crippen LogP contribution in [0.1, 0.15) is 63.1 Å². The lowest BCUT2D eigenvalue weighted by atomic mass is 9.63. The summed E-state index contributed by atoms with van der Waals surface area (Å²) in [6.45, 7) is 7.21. The molecule has 3 unspecified atom stereocenters. The van der Waals surface area contributed by atoms with Gasteiger partial charge in [0.05, 0.1) is 0 Å². The summed E-state index contributed by atoms with van der Waals surface area (Å²) >= 11 is 0. The van der Waals surface area contributed by atoms with Gasteiger partial charge in [0.15, 0.2) is 0 Å². The topological polar surface area (TPSA) is 0 Å². The van der Waals surface area contributed by atoms with Gasteiger partial charge in [-0.2, -0.15) is 0 Å². The second kappa shape index (κ2) is 10.7. The maximum atomic E-state index is 2.69. The van der Waals surface area contributed by atoms with Gasteiger partial charge in [-0.05, 0) is 143 Å². The molecule has 5 aromatic carbocycles. The Balaban J connectivity index is 1.28. The summed E-state index contributed by atoms with van der Waals surface area (Å²) in [6.07, 6.45) is 26.7. The summed E-state index contributed by atoms with van der Waals surface area (Å²) in [7, 11) is 0. The molecule has 6 aliphatic rings. The molecule has 0 aliphatic heterocycles. The largest absolute Gasteiger partial charge is 0.0839 e. The smallest absolute Gasteiger partial charge is 0.0168 e. The number of hydrogen-bond acceptors (Lipinski definition) is 0. The molecule has 0 heteroatoms. The average Bonchev–Trinajstić information content (AvgIpc) is 3.89. The Labute approximate surface area is 301 Å². The van der Waals surface area contributed by atoms with Gasteiger partial charge in [0, 0.05) is 5.92 Å². The molecular formula is C51H42. The van der Waals surface area contributed by atoms with E-state index in [0.717, 1.165) is 19.3 Å². The third kappa shape index (κ3) is 4.02. The van der Waals surface area contributed by atoms with E-state index in [2.05, 4.69) is 154 Å². The molecular weight excluding hydrogens is 613 g/mol. The lowest BCUT2D eigenvalue weighted by molar-refractivity contribution is 0.378. The number of hydrogen-bond donors (Lipinski definition) is 0. The van der Waals surface area contributed by atoms with Crippen molar-refractivity contribution < 1.29 is 0 Å². The van der Waals surface area contributed by atoms with E-state index >= 15 is 0 Å². The van der Waals surface area contributed by atoms with Gasteiger partial charge in [0.25, 0.3) is 0 Å². The predicted octanol–water partition coefficient (Wildman–Crippen LogP) is 13.9. The number of allylic oxidation sites excluding steroid dienone is 14. The second-order valence-electron chi connectivity index (χ2n) is 16.5. The summed E-state index contributed by atoms with van der Waals surface area (Å²) in [5, 5.41) is 5.58.